The summed E-state index contributed by atoms with van der Waals surface area (Å²) in [4.78, 5) is 18.3. The summed E-state index contributed by atoms with van der Waals surface area (Å²) in [6.07, 6.45) is 6.96. The minimum Gasteiger partial charge on any atom is -0.331 e. The molecule has 2 N–H and O–H groups in total. The van der Waals surface area contributed by atoms with Gasteiger partial charge in [0.25, 0.3) is 0 Å². The Balaban J connectivity index is 1.43. The van der Waals surface area contributed by atoms with Crippen molar-refractivity contribution in [1.82, 2.24) is 10.3 Å². The summed E-state index contributed by atoms with van der Waals surface area (Å²) in [7, 11) is 0. The maximum absolute atomic E-state index is 12.4. The van der Waals surface area contributed by atoms with Gasteiger partial charge < -0.3 is 5.32 Å². The zero-order valence-corrected chi connectivity index (χ0v) is 13.9. The number of benzene rings is 1. The lowest BCUT2D eigenvalue weighted by Gasteiger charge is -2.18. The van der Waals surface area contributed by atoms with Crippen molar-refractivity contribution in [1.29, 1.82) is 0 Å². The summed E-state index contributed by atoms with van der Waals surface area (Å²) in [5.41, 5.74) is 2.36. The van der Waals surface area contributed by atoms with Crippen LogP contribution in [0.2, 0.25) is 0 Å². The standard InChI is InChI=1S/C18H21N3OS/c22-17(21-18-19-14-8-4-5-9-15(14)23-18)20-16(13-10-11-13)12-6-2-1-3-7-12/h1-3,6-7,13,16H,4-5,8-11H2,(H2,19,20,21,22). The van der Waals surface area contributed by atoms with Crippen LogP contribution in [0.3, 0.4) is 0 Å². The second-order valence-electron chi connectivity index (χ2n) is 6.42. The third-order valence-corrected chi connectivity index (χ3v) is 5.68. The van der Waals surface area contributed by atoms with E-state index in [0.29, 0.717) is 5.92 Å². The Hall–Kier alpha value is -1.88. The molecule has 1 heterocycles. The molecule has 2 amide bonds. The molecule has 1 unspecified atom stereocenters. The van der Waals surface area contributed by atoms with Gasteiger partial charge in [0.1, 0.15) is 0 Å². The van der Waals surface area contributed by atoms with E-state index in [1.54, 1.807) is 11.3 Å². The first kappa shape index (κ1) is 14.7. The number of carbonyl (C=O) groups excluding carboxylic acids is 1. The third-order valence-electron chi connectivity index (χ3n) is 4.60. The van der Waals surface area contributed by atoms with Crippen LogP contribution in [0.1, 0.15) is 47.9 Å². The van der Waals surface area contributed by atoms with Crippen LogP contribution in [-0.2, 0) is 12.8 Å². The van der Waals surface area contributed by atoms with E-state index in [4.69, 9.17) is 0 Å². The van der Waals surface area contributed by atoms with Crippen LogP contribution in [0, 0.1) is 5.92 Å². The summed E-state index contributed by atoms with van der Waals surface area (Å²) in [5, 5.41) is 6.81. The maximum Gasteiger partial charge on any atom is 0.321 e. The zero-order chi connectivity index (χ0) is 15.6. The van der Waals surface area contributed by atoms with E-state index in [1.165, 1.54) is 41.8 Å². The molecule has 2 aliphatic carbocycles. The number of nitrogens with one attached hydrogen (secondary N) is 2. The minimum absolute atomic E-state index is 0.103. The van der Waals surface area contributed by atoms with Gasteiger partial charge in [-0.1, -0.05) is 30.3 Å². The number of hydrogen-bond acceptors (Lipinski definition) is 3. The molecular formula is C18H21N3OS. The third kappa shape index (κ3) is 3.39. The normalized spacial score (nSPS) is 18.1. The van der Waals surface area contributed by atoms with E-state index in [1.807, 2.05) is 18.2 Å². The monoisotopic (exact) mass is 327 g/mol. The Morgan fingerprint density at radius 1 is 1.17 bits per heavy atom. The predicted octanol–water partition coefficient (Wildman–Crippen LogP) is 4.29. The van der Waals surface area contributed by atoms with Crippen molar-refractivity contribution in [3.05, 3.63) is 46.5 Å². The molecular weight excluding hydrogens is 306 g/mol. The second-order valence-corrected chi connectivity index (χ2v) is 7.50. The van der Waals surface area contributed by atoms with Crippen LogP contribution in [0.25, 0.3) is 0 Å². The first-order valence-electron chi connectivity index (χ1n) is 8.40. The molecule has 1 fully saturated rings. The van der Waals surface area contributed by atoms with Crippen LogP contribution in [-0.4, -0.2) is 11.0 Å². The molecule has 1 saturated carbocycles. The van der Waals surface area contributed by atoms with Gasteiger partial charge in [0.15, 0.2) is 5.13 Å². The highest BCUT2D eigenvalue weighted by Crippen LogP contribution is 2.41. The first-order valence-corrected chi connectivity index (χ1v) is 9.22. The summed E-state index contributed by atoms with van der Waals surface area (Å²) in [6.45, 7) is 0. The lowest BCUT2D eigenvalue weighted by atomic mass is 10.0. The van der Waals surface area contributed by atoms with Crippen LogP contribution >= 0.6 is 11.3 Å². The molecule has 1 aromatic carbocycles. The lowest BCUT2D eigenvalue weighted by Crippen LogP contribution is -2.33. The van der Waals surface area contributed by atoms with E-state index in [-0.39, 0.29) is 12.1 Å². The van der Waals surface area contributed by atoms with E-state index in [9.17, 15) is 4.79 Å². The fourth-order valence-corrected chi connectivity index (χ4v) is 4.29. The van der Waals surface area contributed by atoms with Gasteiger partial charge in [0.05, 0.1) is 11.7 Å². The number of rotatable bonds is 4. The number of thiazole rings is 1. The first-order chi connectivity index (χ1) is 11.3. The van der Waals surface area contributed by atoms with Crippen molar-refractivity contribution in [2.75, 3.05) is 5.32 Å². The Morgan fingerprint density at radius 2 is 1.96 bits per heavy atom. The number of carbonyl (C=O) groups is 1. The van der Waals surface area contributed by atoms with Gasteiger partial charge in [-0.25, -0.2) is 9.78 Å². The molecule has 0 aliphatic heterocycles. The van der Waals surface area contributed by atoms with E-state index in [2.05, 4.69) is 27.8 Å². The van der Waals surface area contributed by atoms with Crippen molar-refractivity contribution in [2.24, 2.45) is 5.92 Å². The molecule has 1 atom stereocenters. The molecule has 0 bridgehead atoms. The molecule has 5 heteroatoms. The number of nitrogens with zero attached hydrogens (tertiary/aromatic N) is 1. The van der Waals surface area contributed by atoms with E-state index < -0.39 is 0 Å². The highest BCUT2D eigenvalue weighted by molar-refractivity contribution is 7.15. The number of urea groups is 1. The van der Waals surface area contributed by atoms with Gasteiger partial charge >= 0.3 is 6.03 Å². The van der Waals surface area contributed by atoms with E-state index in [0.717, 1.165) is 18.0 Å². The topological polar surface area (TPSA) is 54.0 Å². The van der Waals surface area contributed by atoms with Crippen molar-refractivity contribution >= 4 is 22.5 Å². The number of anilines is 1. The summed E-state index contributed by atoms with van der Waals surface area (Å²) < 4.78 is 0. The van der Waals surface area contributed by atoms with E-state index >= 15 is 0 Å². The number of aromatic nitrogens is 1. The number of amides is 2. The summed E-state index contributed by atoms with van der Waals surface area (Å²) in [6, 6.07) is 10.2. The number of fused-ring (bicyclic) bond motifs is 1. The SMILES string of the molecule is O=C(Nc1nc2c(s1)CCCC2)NC(c1ccccc1)C1CC1. The smallest absolute Gasteiger partial charge is 0.321 e. The van der Waals surface area contributed by atoms with Crippen molar-refractivity contribution in [2.45, 2.75) is 44.6 Å². The van der Waals surface area contributed by atoms with Gasteiger partial charge in [-0.3, -0.25) is 5.32 Å². The lowest BCUT2D eigenvalue weighted by molar-refractivity contribution is 0.247. The fourth-order valence-electron chi connectivity index (χ4n) is 3.24. The molecule has 4 nitrogen and oxygen atoms in total. The highest BCUT2D eigenvalue weighted by Gasteiger charge is 2.33. The molecule has 0 saturated heterocycles. The van der Waals surface area contributed by atoms with Crippen molar-refractivity contribution in [3.63, 3.8) is 0 Å². The molecule has 23 heavy (non-hydrogen) atoms. The predicted molar refractivity (Wildman–Crippen MR) is 92.8 cm³/mol. The van der Waals surface area contributed by atoms with Crippen LogP contribution in [0.15, 0.2) is 30.3 Å². The molecule has 2 aliphatic rings. The highest BCUT2D eigenvalue weighted by atomic mass is 32.1. The molecule has 4 rings (SSSR count). The Kier molecular flexibility index (Phi) is 4.04. The average Bonchev–Trinajstić information content (AvgIpc) is 3.33. The van der Waals surface area contributed by atoms with Gasteiger partial charge in [-0.05, 0) is 50.0 Å². The van der Waals surface area contributed by atoms with Crippen molar-refractivity contribution in [3.8, 4) is 0 Å². The quantitative estimate of drug-likeness (QED) is 0.880. The Bertz CT molecular complexity index is 670. The van der Waals surface area contributed by atoms with Crippen LogP contribution in [0.5, 0.6) is 0 Å². The molecule has 2 aromatic rings. The van der Waals surface area contributed by atoms with Gasteiger partial charge in [-0.2, -0.15) is 0 Å². The number of aryl methyl sites for hydroxylation is 2. The fraction of sp³-hybridized carbons (Fsp3) is 0.444. The molecule has 1 aromatic heterocycles. The van der Waals surface area contributed by atoms with Crippen LogP contribution in [0.4, 0.5) is 9.93 Å². The molecule has 120 valence electrons. The summed E-state index contributed by atoms with van der Waals surface area (Å²) in [5.74, 6) is 0.563. The largest absolute Gasteiger partial charge is 0.331 e. The Morgan fingerprint density at radius 3 is 2.70 bits per heavy atom. The Labute approximate surface area is 140 Å². The zero-order valence-electron chi connectivity index (χ0n) is 13.0. The number of hydrogen-bond donors (Lipinski definition) is 2. The molecule has 0 spiro atoms. The second kappa shape index (κ2) is 6.32. The molecule has 0 radical (unpaired) electrons. The average molecular weight is 327 g/mol. The maximum atomic E-state index is 12.4. The van der Waals surface area contributed by atoms with Crippen molar-refractivity contribution < 1.29 is 4.79 Å². The van der Waals surface area contributed by atoms with Gasteiger partial charge in [0, 0.05) is 4.88 Å². The van der Waals surface area contributed by atoms with Crippen LogP contribution < -0.4 is 10.6 Å². The minimum atomic E-state index is -0.142. The van der Waals surface area contributed by atoms with Gasteiger partial charge in [-0.15, -0.1) is 11.3 Å². The summed E-state index contributed by atoms with van der Waals surface area (Å²) >= 11 is 1.63. The van der Waals surface area contributed by atoms with Gasteiger partial charge in [0.2, 0.25) is 0 Å².